The molecule has 0 fully saturated rings. The molecule has 0 heterocycles. The monoisotopic (exact) mass is 262 g/mol. The molecule has 1 aromatic carbocycles. The van der Waals surface area contributed by atoms with Gasteiger partial charge in [-0.3, -0.25) is 9.59 Å². The van der Waals surface area contributed by atoms with E-state index in [0.717, 1.165) is 6.42 Å². The number of amides is 2. The highest BCUT2D eigenvalue weighted by molar-refractivity contribution is 5.96. The molecule has 0 unspecified atom stereocenters. The molecule has 0 spiro atoms. The Morgan fingerprint density at radius 3 is 2.32 bits per heavy atom. The molecular weight excluding hydrogens is 240 g/mol. The molecule has 1 aromatic rings. The normalized spacial score (nSPS) is 10.3. The fraction of sp³-hybridized carbons (Fsp3) is 0.467. The third kappa shape index (κ3) is 7.24. The zero-order valence-electron chi connectivity index (χ0n) is 11.6. The lowest BCUT2D eigenvalue weighted by atomic mass is 10.1. The van der Waals surface area contributed by atoms with E-state index in [1.54, 1.807) is 0 Å². The van der Waals surface area contributed by atoms with Crippen LogP contribution in [0.5, 0.6) is 0 Å². The Bertz CT molecular complexity index is 402. The van der Waals surface area contributed by atoms with Gasteiger partial charge in [0.2, 0.25) is 11.8 Å². The molecule has 0 aromatic heterocycles. The van der Waals surface area contributed by atoms with E-state index in [0.29, 0.717) is 19.0 Å². The van der Waals surface area contributed by atoms with Gasteiger partial charge in [-0.25, -0.2) is 0 Å². The lowest BCUT2D eigenvalue weighted by molar-refractivity contribution is -0.129. The van der Waals surface area contributed by atoms with Gasteiger partial charge >= 0.3 is 0 Å². The van der Waals surface area contributed by atoms with Gasteiger partial charge in [-0.1, -0.05) is 44.2 Å². The van der Waals surface area contributed by atoms with Gasteiger partial charge in [-0.05, 0) is 17.9 Å². The Morgan fingerprint density at radius 1 is 1.05 bits per heavy atom. The molecule has 0 saturated carbocycles. The summed E-state index contributed by atoms with van der Waals surface area (Å²) in [5, 5.41) is 5.47. The highest BCUT2D eigenvalue weighted by atomic mass is 16.2. The minimum absolute atomic E-state index is 0.0957. The van der Waals surface area contributed by atoms with Crippen LogP contribution in [0, 0.1) is 5.92 Å². The summed E-state index contributed by atoms with van der Waals surface area (Å²) in [6, 6.07) is 9.93. The Hall–Kier alpha value is -1.84. The third-order valence-corrected chi connectivity index (χ3v) is 2.61. The maximum Gasteiger partial charge on any atom is 0.229 e. The first kappa shape index (κ1) is 15.2. The van der Waals surface area contributed by atoms with Gasteiger partial charge in [0.05, 0.1) is 0 Å². The van der Waals surface area contributed by atoms with Crippen molar-refractivity contribution in [3.63, 3.8) is 0 Å². The van der Waals surface area contributed by atoms with Crippen molar-refractivity contribution in [2.45, 2.75) is 26.7 Å². The topological polar surface area (TPSA) is 58.2 Å². The van der Waals surface area contributed by atoms with Crippen LogP contribution in [0.1, 0.15) is 25.8 Å². The largest absolute Gasteiger partial charge is 0.355 e. The van der Waals surface area contributed by atoms with Crippen LogP contribution >= 0.6 is 0 Å². The highest BCUT2D eigenvalue weighted by Gasteiger charge is 2.08. The molecule has 0 atom stereocenters. The van der Waals surface area contributed by atoms with E-state index in [9.17, 15) is 9.59 Å². The van der Waals surface area contributed by atoms with Crippen LogP contribution in [0.2, 0.25) is 0 Å². The lowest BCUT2D eigenvalue weighted by Gasteiger charge is -2.08. The van der Waals surface area contributed by atoms with Gasteiger partial charge in [0, 0.05) is 13.1 Å². The number of rotatable bonds is 7. The predicted octanol–water partition coefficient (Wildman–Crippen LogP) is 1.51. The van der Waals surface area contributed by atoms with Gasteiger partial charge in [0.25, 0.3) is 0 Å². The molecule has 0 aliphatic carbocycles. The van der Waals surface area contributed by atoms with E-state index in [2.05, 4.69) is 10.6 Å². The summed E-state index contributed by atoms with van der Waals surface area (Å²) in [5.74, 6) is -0.0480. The third-order valence-electron chi connectivity index (χ3n) is 2.61. The molecule has 4 nitrogen and oxygen atoms in total. The SMILES string of the molecule is CC(C)CNC(=O)CC(=O)NCCc1ccccc1. The molecule has 19 heavy (non-hydrogen) atoms. The van der Waals surface area contributed by atoms with Crippen molar-refractivity contribution in [1.82, 2.24) is 10.6 Å². The van der Waals surface area contributed by atoms with Gasteiger partial charge < -0.3 is 10.6 Å². The first-order valence-electron chi connectivity index (χ1n) is 6.65. The Balaban J connectivity index is 2.16. The van der Waals surface area contributed by atoms with Crippen molar-refractivity contribution in [2.75, 3.05) is 13.1 Å². The molecule has 0 aliphatic heterocycles. The molecule has 104 valence electrons. The average Bonchev–Trinajstić information content (AvgIpc) is 2.37. The summed E-state index contributed by atoms with van der Waals surface area (Å²) in [5.41, 5.74) is 1.17. The minimum Gasteiger partial charge on any atom is -0.355 e. The summed E-state index contributed by atoms with van der Waals surface area (Å²) in [7, 11) is 0. The van der Waals surface area contributed by atoms with Crippen molar-refractivity contribution in [1.29, 1.82) is 0 Å². The number of nitrogens with one attached hydrogen (secondary N) is 2. The van der Waals surface area contributed by atoms with Gasteiger partial charge in [0.1, 0.15) is 6.42 Å². The van der Waals surface area contributed by atoms with Crippen molar-refractivity contribution in [3.8, 4) is 0 Å². The second-order valence-electron chi connectivity index (χ2n) is 4.96. The molecule has 0 saturated heterocycles. The summed E-state index contributed by atoms with van der Waals surface area (Å²) < 4.78 is 0. The van der Waals surface area contributed by atoms with Crippen molar-refractivity contribution < 1.29 is 9.59 Å². The fourth-order valence-electron chi connectivity index (χ4n) is 1.58. The molecule has 0 radical (unpaired) electrons. The van der Waals surface area contributed by atoms with Crippen LogP contribution in [0.15, 0.2) is 30.3 Å². The maximum atomic E-state index is 11.5. The number of hydrogen-bond donors (Lipinski definition) is 2. The van der Waals surface area contributed by atoms with E-state index in [-0.39, 0.29) is 18.2 Å². The smallest absolute Gasteiger partial charge is 0.229 e. The van der Waals surface area contributed by atoms with Crippen LogP contribution in [0.4, 0.5) is 0 Å². The molecule has 0 aliphatic rings. The van der Waals surface area contributed by atoms with E-state index in [1.165, 1.54) is 5.56 Å². The molecular formula is C15H22N2O2. The van der Waals surface area contributed by atoms with Crippen LogP contribution in [-0.4, -0.2) is 24.9 Å². The summed E-state index contributed by atoms with van der Waals surface area (Å²) >= 11 is 0. The molecule has 1 rings (SSSR count). The number of carbonyl (C=O) groups is 2. The van der Waals surface area contributed by atoms with E-state index >= 15 is 0 Å². The van der Waals surface area contributed by atoms with Crippen LogP contribution < -0.4 is 10.6 Å². The maximum absolute atomic E-state index is 11.5. The summed E-state index contributed by atoms with van der Waals surface area (Å²) in [4.78, 5) is 22.9. The van der Waals surface area contributed by atoms with E-state index in [1.807, 2.05) is 44.2 Å². The molecule has 2 N–H and O–H groups in total. The van der Waals surface area contributed by atoms with E-state index in [4.69, 9.17) is 0 Å². The first-order chi connectivity index (χ1) is 9.08. The van der Waals surface area contributed by atoms with Gasteiger partial charge in [-0.15, -0.1) is 0 Å². The standard InChI is InChI=1S/C15H22N2O2/c1-12(2)11-17-15(19)10-14(18)16-9-8-13-6-4-3-5-7-13/h3-7,12H,8-11H2,1-2H3,(H,16,18)(H,17,19). The number of hydrogen-bond acceptors (Lipinski definition) is 2. The number of carbonyl (C=O) groups excluding carboxylic acids is 2. The Labute approximate surface area is 114 Å². The molecule has 4 heteroatoms. The van der Waals surface area contributed by atoms with Crippen molar-refractivity contribution in [2.24, 2.45) is 5.92 Å². The van der Waals surface area contributed by atoms with Gasteiger partial charge in [0.15, 0.2) is 0 Å². The minimum atomic E-state index is -0.225. The first-order valence-corrected chi connectivity index (χ1v) is 6.65. The highest BCUT2D eigenvalue weighted by Crippen LogP contribution is 1.98. The Kier molecular flexibility index (Phi) is 6.64. The molecule has 2 amide bonds. The van der Waals surface area contributed by atoms with Crippen LogP contribution in [-0.2, 0) is 16.0 Å². The lowest BCUT2D eigenvalue weighted by Crippen LogP contribution is -2.34. The summed E-state index contributed by atoms with van der Waals surface area (Å²) in [6.07, 6.45) is 0.682. The van der Waals surface area contributed by atoms with Gasteiger partial charge in [-0.2, -0.15) is 0 Å². The van der Waals surface area contributed by atoms with Crippen LogP contribution in [0.25, 0.3) is 0 Å². The zero-order valence-corrected chi connectivity index (χ0v) is 11.6. The number of benzene rings is 1. The Morgan fingerprint density at radius 2 is 1.68 bits per heavy atom. The second kappa shape index (κ2) is 8.29. The van der Waals surface area contributed by atoms with Crippen molar-refractivity contribution in [3.05, 3.63) is 35.9 Å². The fourth-order valence-corrected chi connectivity index (χ4v) is 1.58. The average molecular weight is 262 g/mol. The van der Waals surface area contributed by atoms with E-state index < -0.39 is 0 Å². The quantitative estimate of drug-likeness (QED) is 0.732. The molecule has 0 bridgehead atoms. The second-order valence-corrected chi connectivity index (χ2v) is 4.96. The zero-order chi connectivity index (χ0) is 14.1. The summed E-state index contributed by atoms with van der Waals surface area (Å²) in [6.45, 7) is 5.19. The predicted molar refractivity (Wildman–Crippen MR) is 75.6 cm³/mol. The van der Waals surface area contributed by atoms with Crippen molar-refractivity contribution >= 4 is 11.8 Å². The van der Waals surface area contributed by atoms with Crippen LogP contribution in [0.3, 0.4) is 0 Å².